The molecular weight excluding hydrogens is 296 g/mol. The molecule has 0 spiro atoms. The quantitative estimate of drug-likeness (QED) is 0.628. The van der Waals surface area contributed by atoms with E-state index in [2.05, 4.69) is 16.9 Å². The second-order valence-corrected chi connectivity index (χ2v) is 5.82. The number of rotatable bonds is 7. The zero-order chi connectivity index (χ0) is 15.9. The highest BCUT2D eigenvalue weighted by atomic mass is 32.2. The van der Waals surface area contributed by atoms with Crippen molar-refractivity contribution < 1.29 is 4.74 Å². The Morgan fingerprint density at radius 1 is 1.23 bits per heavy atom. The molecule has 22 heavy (non-hydrogen) atoms. The lowest BCUT2D eigenvalue weighted by atomic mass is 10.0. The molecule has 0 bridgehead atoms. The molecule has 0 saturated carbocycles. The molecule has 1 N–H and O–H groups in total. The molecule has 5 heteroatoms. The summed E-state index contributed by atoms with van der Waals surface area (Å²) in [6, 6.07) is 7.92. The fourth-order valence-corrected chi connectivity index (χ4v) is 2.62. The number of nitrogens with one attached hydrogen (secondary N) is 1. The van der Waals surface area contributed by atoms with E-state index in [0.29, 0.717) is 11.6 Å². The van der Waals surface area contributed by atoms with Gasteiger partial charge in [-0.25, -0.2) is 4.98 Å². The maximum atomic E-state index is 12.3. The van der Waals surface area contributed by atoms with Crippen molar-refractivity contribution in [2.75, 3.05) is 12.9 Å². The fraction of sp³-hybridized carbons (Fsp3) is 0.412. The zero-order valence-electron chi connectivity index (χ0n) is 13.3. The molecule has 4 nitrogen and oxygen atoms in total. The van der Waals surface area contributed by atoms with Gasteiger partial charge in [0.05, 0.1) is 12.3 Å². The number of ether oxygens (including phenoxy) is 1. The van der Waals surface area contributed by atoms with Crippen LogP contribution in [0.25, 0.3) is 0 Å². The maximum absolute atomic E-state index is 12.3. The number of aromatic amines is 1. The van der Waals surface area contributed by atoms with Crippen LogP contribution in [0.1, 0.15) is 37.1 Å². The highest BCUT2D eigenvalue weighted by Gasteiger charge is 2.11. The summed E-state index contributed by atoms with van der Waals surface area (Å²) in [6.07, 6.45) is 4.25. The molecule has 1 aromatic carbocycles. The van der Waals surface area contributed by atoms with Crippen LogP contribution in [0.15, 0.2) is 34.2 Å². The van der Waals surface area contributed by atoms with E-state index >= 15 is 0 Å². The number of aromatic nitrogens is 2. The van der Waals surface area contributed by atoms with Crippen LogP contribution in [0, 0.1) is 0 Å². The lowest BCUT2D eigenvalue weighted by molar-refractivity contribution is 0.317. The Balaban J connectivity index is 2.21. The zero-order valence-corrected chi connectivity index (χ0v) is 14.1. The first-order valence-electron chi connectivity index (χ1n) is 7.55. The highest BCUT2D eigenvalue weighted by Crippen LogP contribution is 2.17. The van der Waals surface area contributed by atoms with Crippen LogP contribution in [0.4, 0.5) is 0 Å². The first kappa shape index (κ1) is 16.6. The van der Waals surface area contributed by atoms with Gasteiger partial charge in [-0.2, -0.15) is 0 Å². The first-order chi connectivity index (χ1) is 10.7. The van der Waals surface area contributed by atoms with Gasteiger partial charge in [0.1, 0.15) is 5.75 Å². The Morgan fingerprint density at radius 3 is 2.55 bits per heavy atom. The number of aryl methyl sites for hydroxylation is 1. The van der Waals surface area contributed by atoms with Crippen LogP contribution in [-0.4, -0.2) is 22.8 Å². The summed E-state index contributed by atoms with van der Waals surface area (Å²) in [4.78, 5) is 19.6. The van der Waals surface area contributed by atoms with Crippen LogP contribution in [0.2, 0.25) is 0 Å². The topological polar surface area (TPSA) is 55.0 Å². The molecular formula is C17H22N2O2S. The Labute approximate surface area is 135 Å². The van der Waals surface area contributed by atoms with E-state index in [-0.39, 0.29) is 5.56 Å². The van der Waals surface area contributed by atoms with Crippen molar-refractivity contribution in [3.8, 4) is 5.75 Å². The third-order valence-corrected chi connectivity index (χ3v) is 3.96. The average molecular weight is 318 g/mol. The van der Waals surface area contributed by atoms with Crippen molar-refractivity contribution in [1.82, 2.24) is 9.97 Å². The number of benzene rings is 1. The van der Waals surface area contributed by atoms with Crippen molar-refractivity contribution in [2.45, 2.75) is 38.3 Å². The largest absolute Gasteiger partial charge is 0.494 e. The minimum atomic E-state index is -0.0393. The Hall–Kier alpha value is -1.75. The van der Waals surface area contributed by atoms with Gasteiger partial charge in [0.2, 0.25) is 0 Å². The molecule has 0 unspecified atom stereocenters. The van der Waals surface area contributed by atoms with Crippen molar-refractivity contribution in [3.63, 3.8) is 0 Å². The molecule has 0 radical (unpaired) electrons. The molecule has 1 aromatic heterocycles. The predicted molar refractivity (Wildman–Crippen MR) is 91.1 cm³/mol. The summed E-state index contributed by atoms with van der Waals surface area (Å²) in [5, 5.41) is 0.675. The normalized spacial score (nSPS) is 10.7. The minimum absolute atomic E-state index is 0.0393. The smallest absolute Gasteiger partial charge is 0.255 e. The van der Waals surface area contributed by atoms with Crippen LogP contribution >= 0.6 is 11.8 Å². The van der Waals surface area contributed by atoms with Gasteiger partial charge in [0, 0.05) is 12.0 Å². The van der Waals surface area contributed by atoms with Gasteiger partial charge in [-0.1, -0.05) is 37.7 Å². The predicted octanol–water partition coefficient (Wildman–Crippen LogP) is 3.43. The van der Waals surface area contributed by atoms with Crippen molar-refractivity contribution in [3.05, 3.63) is 51.4 Å². The maximum Gasteiger partial charge on any atom is 0.255 e. The van der Waals surface area contributed by atoms with Crippen LogP contribution in [-0.2, 0) is 12.8 Å². The number of hydrogen-bond donors (Lipinski definition) is 1. The average Bonchev–Trinajstić information content (AvgIpc) is 2.55. The highest BCUT2D eigenvalue weighted by molar-refractivity contribution is 7.98. The van der Waals surface area contributed by atoms with Gasteiger partial charge in [-0.15, -0.1) is 0 Å². The van der Waals surface area contributed by atoms with E-state index in [1.807, 2.05) is 37.4 Å². The monoisotopic (exact) mass is 318 g/mol. The van der Waals surface area contributed by atoms with Crippen molar-refractivity contribution in [1.29, 1.82) is 0 Å². The summed E-state index contributed by atoms with van der Waals surface area (Å²) in [5.74, 6) is 0.867. The van der Waals surface area contributed by atoms with Gasteiger partial charge in [-0.3, -0.25) is 4.79 Å². The van der Waals surface area contributed by atoms with E-state index < -0.39 is 0 Å². The molecule has 0 aliphatic heterocycles. The SMILES string of the molecule is CCCOc1ccc(Cc2c(CC)nc(SC)[nH]c2=O)cc1. The van der Waals surface area contributed by atoms with E-state index in [4.69, 9.17) is 4.74 Å². The molecule has 0 fully saturated rings. The molecule has 0 aliphatic carbocycles. The van der Waals surface area contributed by atoms with E-state index in [1.165, 1.54) is 11.8 Å². The minimum Gasteiger partial charge on any atom is -0.494 e. The fourth-order valence-electron chi connectivity index (χ4n) is 2.22. The standard InChI is InChI=1S/C17H22N2O2S/c1-4-10-21-13-8-6-12(7-9-13)11-14-15(5-2)18-17(22-3)19-16(14)20/h6-9H,4-5,10-11H2,1-3H3,(H,18,19,20). The second-order valence-electron chi connectivity index (χ2n) is 5.02. The lowest BCUT2D eigenvalue weighted by Crippen LogP contribution is -2.18. The lowest BCUT2D eigenvalue weighted by Gasteiger charge is -2.09. The van der Waals surface area contributed by atoms with Crippen LogP contribution in [0.3, 0.4) is 0 Å². The number of nitrogens with zero attached hydrogens (tertiary/aromatic N) is 1. The summed E-state index contributed by atoms with van der Waals surface area (Å²) in [5.41, 5.74) is 2.67. The third kappa shape index (κ3) is 4.13. The van der Waals surface area contributed by atoms with Crippen molar-refractivity contribution in [2.24, 2.45) is 0 Å². The first-order valence-corrected chi connectivity index (χ1v) is 8.78. The van der Waals surface area contributed by atoms with Crippen LogP contribution < -0.4 is 10.3 Å². The summed E-state index contributed by atoms with van der Waals surface area (Å²) < 4.78 is 5.58. The number of thioether (sulfide) groups is 1. The van der Waals surface area contributed by atoms with Gasteiger partial charge >= 0.3 is 0 Å². The van der Waals surface area contributed by atoms with E-state index in [9.17, 15) is 4.79 Å². The van der Waals surface area contributed by atoms with Gasteiger partial charge in [0.15, 0.2) is 5.16 Å². The summed E-state index contributed by atoms with van der Waals surface area (Å²) in [7, 11) is 0. The summed E-state index contributed by atoms with van der Waals surface area (Å²) >= 11 is 1.45. The Bertz CT molecular complexity index is 665. The Kier molecular flexibility index (Phi) is 6.07. The molecule has 0 aliphatic rings. The number of H-pyrrole nitrogens is 1. The molecule has 2 rings (SSSR count). The molecule has 0 amide bonds. The third-order valence-electron chi connectivity index (χ3n) is 3.38. The molecule has 118 valence electrons. The number of hydrogen-bond acceptors (Lipinski definition) is 4. The van der Waals surface area contributed by atoms with Gasteiger partial charge in [-0.05, 0) is 36.8 Å². The van der Waals surface area contributed by atoms with Crippen LogP contribution in [0.5, 0.6) is 5.75 Å². The van der Waals surface area contributed by atoms with Crippen molar-refractivity contribution >= 4 is 11.8 Å². The Morgan fingerprint density at radius 2 is 1.95 bits per heavy atom. The van der Waals surface area contributed by atoms with E-state index in [0.717, 1.165) is 42.0 Å². The molecule has 0 saturated heterocycles. The van der Waals surface area contributed by atoms with E-state index in [1.54, 1.807) is 0 Å². The second kappa shape index (κ2) is 8.03. The van der Waals surface area contributed by atoms with Gasteiger partial charge < -0.3 is 9.72 Å². The summed E-state index contributed by atoms with van der Waals surface area (Å²) in [6.45, 7) is 4.83. The molecule has 0 atom stereocenters. The molecule has 1 heterocycles. The van der Waals surface area contributed by atoms with Gasteiger partial charge in [0.25, 0.3) is 5.56 Å². The molecule has 2 aromatic rings.